The van der Waals surface area contributed by atoms with E-state index in [1.807, 2.05) is 42.5 Å². The maximum absolute atomic E-state index is 9.76. The van der Waals surface area contributed by atoms with Gasteiger partial charge < -0.3 is 0 Å². The summed E-state index contributed by atoms with van der Waals surface area (Å²) in [6.45, 7) is 0. The normalized spacial score (nSPS) is 15.0. The van der Waals surface area contributed by atoms with Gasteiger partial charge in [-0.15, -0.1) is 0 Å². The molecular formula is C35H27N3. The van der Waals surface area contributed by atoms with Gasteiger partial charge in [-0.1, -0.05) is 104 Å². The third kappa shape index (κ3) is 3.56. The summed E-state index contributed by atoms with van der Waals surface area (Å²) in [4.78, 5) is 10.1. The molecule has 0 unspecified atom stereocenters. The summed E-state index contributed by atoms with van der Waals surface area (Å²) < 4.78 is 0. The Labute approximate surface area is 223 Å². The summed E-state index contributed by atoms with van der Waals surface area (Å²) in [5, 5.41) is 9.76. The van der Waals surface area contributed by atoms with E-state index in [4.69, 9.17) is 9.97 Å². The molecule has 0 aliphatic heterocycles. The van der Waals surface area contributed by atoms with Gasteiger partial charge >= 0.3 is 0 Å². The zero-order valence-corrected chi connectivity index (χ0v) is 21.2. The van der Waals surface area contributed by atoms with Crippen LogP contribution in [0.5, 0.6) is 0 Å². The van der Waals surface area contributed by atoms with Crippen LogP contribution >= 0.6 is 0 Å². The zero-order chi connectivity index (χ0) is 25.5. The molecule has 1 aromatic heterocycles. The Kier molecular flexibility index (Phi) is 5.41. The summed E-state index contributed by atoms with van der Waals surface area (Å²) in [6.07, 6.45) is 6.04. The largest absolute Gasteiger partial charge is 0.228 e. The lowest BCUT2D eigenvalue weighted by Gasteiger charge is -2.36. The number of rotatable bonds is 3. The number of fused-ring (bicyclic) bond motifs is 5. The molecule has 0 radical (unpaired) electrons. The summed E-state index contributed by atoms with van der Waals surface area (Å²) in [6, 6.07) is 38.0. The monoisotopic (exact) mass is 489 g/mol. The van der Waals surface area contributed by atoms with Gasteiger partial charge in [0.1, 0.15) is 0 Å². The van der Waals surface area contributed by atoms with E-state index in [2.05, 4.69) is 66.7 Å². The Morgan fingerprint density at radius 1 is 0.605 bits per heavy atom. The van der Waals surface area contributed by atoms with Gasteiger partial charge in [-0.2, -0.15) is 5.26 Å². The molecule has 1 fully saturated rings. The number of aromatic nitrogens is 2. The number of nitrogens with zero attached hydrogens (tertiary/aromatic N) is 3. The van der Waals surface area contributed by atoms with E-state index in [1.165, 1.54) is 41.5 Å². The molecule has 1 spiro atoms. The molecule has 0 amide bonds. The van der Waals surface area contributed by atoms with Gasteiger partial charge in [0.2, 0.25) is 0 Å². The molecule has 3 heteroatoms. The van der Waals surface area contributed by atoms with Crippen LogP contribution in [-0.2, 0) is 5.41 Å². The minimum absolute atomic E-state index is 0.0183. The lowest BCUT2D eigenvalue weighted by Crippen LogP contribution is -2.28. The van der Waals surface area contributed by atoms with Crippen molar-refractivity contribution in [2.24, 2.45) is 0 Å². The molecule has 2 aliphatic carbocycles. The molecule has 1 heterocycles. The molecule has 0 bridgehead atoms. The fraction of sp³-hybridized carbons (Fsp3) is 0.171. The topological polar surface area (TPSA) is 49.6 Å². The number of hydrogen-bond donors (Lipinski definition) is 0. The second kappa shape index (κ2) is 9.08. The van der Waals surface area contributed by atoms with Crippen molar-refractivity contribution in [2.45, 2.75) is 37.5 Å². The molecule has 0 saturated heterocycles. The van der Waals surface area contributed by atoms with Crippen molar-refractivity contribution in [3.8, 4) is 51.1 Å². The molecule has 5 aromatic rings. The Morgan fingerprint density at radius 2 is 1.32 bits per heavy atom. The standard InChI is InChI=1S/C35H27N3/c36-23-24-17-18-29-28(21-24)33-27(15-10-16-30(33)35(29)19-8-3-9-20-35)32-22-31(25-11-4-1-5-12-25)37-34(38-32)26-13-6-2-7-14-26/h1-2,4-7,10-18,21-22H,3,8-9,19-20H2. The van der Waals surface area contributed by atoms with Crippen molar-refractivity contribution in [3.05, 3.63) is 120 Å². The minimum Gasteiger partial charge on any atom is -0.228 e. The molecule has 0 N–H and O–H groups in total. The summed E-state index contributed by atoms with van der Waals surface area (Å²) >= 11 is 0. The zero-order valence-electron chi connectivity index (χ0n) is 21.2. The lowest BCUT2D eigenvalue weighted by atomic mass is 9.67. The Balaban J connectivity index is 1.50. The molecule has 182 valence electrons. The van der Waals surface area contributed by atoms with Crippen molar-refractivity contribution < 1.29 is 0 Å². The van der Waals surface area contributed by atoms with Gasteiger partial charge in [-0.05, 0) is 53.3 Å². The third-order valence-electron chi connectivity index (χ3n) is 8.32. The maximum Gasteiger partial charge on any atom is 0.160 e. The van der Waals surface area contributed by atoms with Gasteiger partial charge in [0.15, 0.2) is 5.82 Å². The number of benzene rings is 4. The van der Waals surface area contributed by atoms with Crippen LogP contribution in [0.2, 0.25) is 0 Å². The van der Waals surface area contributed by atoms with Crippen molar-refractivity contribution >= 4 is 0 Å². The van der Waals surface area contributed by atoms with Crippen LogP contribution in [0.15, 0.2) is 103 Å². The molecule has 1 saturated carbocycles. The van der Waals surface area contributed by atoms with Crippen molar-refractivity contribution in [1.29, 1.82) is 5.26 Å². The summed E-state index contributed by atoms with van der Waals surface area (Å²) in [5.41, 5.74) is 10.9. The van der Waals surface area contributed by atoms with E-state index in [0.29, 0.717) is 5.56 Å². The SMILES string of the molecule is N#Cc1ccc2c(c1)-c1c(-c3cc(-c4ccccc4)nc(-c4ccccc4)n3)cccc1C21CCCCC1. The van der Waals surface area contributed by atoms with E-state index in [9.17, 15) is 5.26 Å². The fourth-order valence-corrected chi connectivity index (χ4v) is 6.59. The van der Waals surface area contributed by atoms with Crippen molar-refractivity contribution in [1.82, 2.24) is 9.97 Å². The molecule has 4 aromatic carbocycles. The van der Waals surface area contributed by atoms with E-state index in [1.54, 1.807) is 0 Å². The highest BCUT2D eigenvalue weighted by Crippen LogP contribution is 2.58. The van der Waals surface area contributed by atoms with E-state index < -0.39 is 0 Å². The molecule has 0 atom stereocenters. The number of nitriles is 1. The second-order valence-corrected chi connectivity index (χ2v) is 10.4. The first-order valence-corrected chi connectivity index (χ1v) is 13.5. The first-order valence-electron chi connectivity index (χ1n) is 13.5. The second-order valence-electron chi connectivity index (χ2n) is 10.4. The van der Waals surface area contributed by atoms with Gasteiger partial charge in [0.05, 0.1) is 23.0 Å². The molecule has 38 heavy (non-hydrogen) atoms. The highest BCUT2D eigenvalue weighted by molar-refractivity contribution is 5.93. The smallest absolute Gasteiger partial charge is 0.160 e. The van der Waals surface area contributed by atoms with Crippen LogP contribution in [0.1, 0.15) is 48.8 Å². The van der Waals surface area contributed by atoms with Crippen LogP contribution in [-0.4, -0.2) is 9.97 Å². The average Bonchev–Trinajstić information content (AvgIpc) is 3.26. The Morgan fingerprint density at radius 3 is 2.05 bits per heavy atom. The predicted octanol–water partition coefficient (Wildman–Crippen LogP) is 8.58. The third-order valence-corrected chi connectivity index (χ3v) is 8.32. The molecule has 2 aliphatic rings. The fourth-order valence-electron chi connectivity index (χ4n) is 6.59. The lowest BCUT2D eigenvalue weighted by molar-refractivity contribution is 0.353. The van der Waals surface area contributed by atoms with E-state index in [-0.39, 0.29) is 5.41 Å². The van der Waals surface area contributed by atoms with Gasteiger partial charge in [-0.3, -0.25) is 0 Å². The van der Waals surface area contributed by atoms with Gasteiger partial charge in [0.25, 0.3) is 0 Å². The summed E-state index contributed by atoms with van der Waals surface area (Å²) in [5.74, 6) is 0.718. The highest BCUT2D eigenvalue weighted by Gasteiger charge is 2.44. The van der Waals surface area contributed by atoms with Gasteiger partial charge in [0, 0.05) is 22.1 Å². The van der Waals surface area contributed by atoms with Crippen molar-refractivity contribution in [2.75, 3.05) is 0 Å². The van der Waals surface area contributed by atoms with Crippen LogP contribution in [0.3, 0.4) is 0 Å². The predicted molar refractivity (Wildman–Crippen MR) is 152 cm³/mol. The van der Waals surface area contributed by atoms with Crippen molar-refractivity contribution in [3.63, 3.8) is 0 Å². The Bertz CT molecular complexity index is 1630. The maximum atomic E-state index is 9.76. The number of hydrogen-bond acceptors (Lipinski definition) is 3. The van der Waals surface area contributed by atoms with Gasteiger partial charge in [-0.25, -0.2) is 9.97 Å². The van der Waals surface area contributed by atoms with Crippen LogP contribution < -0.4 is 0 Å². The van der Waals surface area contributed by atoms with Crippen LogP contribution in [0.25, 0.3) is 45.0 Å². The minimum atomic E-state index is 0.0183. The van der Waals surface area contributed by atoms with Crippen LogP contribution in [0, 0.1) is 11.3 Å². The first kappa shape index (κ1) is 22.6. The molecule has 7 rings (SSSR count). The average molecular weight is 490 g/mol. The van der Waals surface area contributed by atoms with E-state index >= 15 is 0 Å². The highest BCUT2D eigenvalue weighted by atomic mass is 14.9. The van der Waals surface area contributed by atoms with E-state index in [0.717, 1.165) is 46.7 Å². The summed E-state index contributed by atoms with van der Waals surface area (Å²) in [7, 11) is 0. The Hall–Kier alpha value is -4.55. The quantitative estimate of drug-likeness (QED) is 0.255. The molecular weight excluding hydrogens is 462 g/mol. The first-order chi connectivity index (χ1) is 18.8. The molecule has 3 nitrogen and oxygen atoms in total. The van der Waals surface area contributed by atoms with Crippen LogP contribution in [0.4, 0.5) is 0 Å².